The van der Waals surface area contributed by atoms with Crippen LogP contribution in [0.5, 0.6) is 0 Å². The average molecular weight is 480 g/mol. The first-order valence-electron chi connectivity index (χ1n) is 10.4. The molecule has 1 amide bonds. The third-order valence-corrected chi connectivity index (χ3v) is 9.29. The van der Waals surface area contributed by atoms with Crippen molar-refractivity contribution < 1.29 is 26.4 Å². The van der Waals surface area contributed by atoms with E-state index in [0.29, 0.717) is 32.0 Å². The number of sulfonamides is 2. The SMILES string of the molecule is O=C(Nc1cccc(S(=O)(=O)N2CCCC2)c1)c1cccc(S(=O)(=O)N2CCOCC2)c1. The summed E-state index contributed by atoms with van der Waals surface area (Å²) in [6.07, 6.45) is 1.67. The van der Waals surface area contributed by atoms with E-state index in [-0.39, 0.29) is 28.4 Å². The highest BCUT2D eigenvalue weighted by Crippen LogP contribution is 2.24. The number of ether oxygens (including phenoxy) is 1. The molecule has 2 saturated heterocycles. The van der Waals surface area contributed by atoms with Crippen molar-refractivity contribution >= 4 is 31.6 Å². The van der Waals surface area contributed by atoms with Crippen LogP contribution in [0.25, 0.3) is 0 Å². The van der Waals surface area contributed by atoms with Crippen LogP contribution in [0.2, 0.25) is 0 Å². The van der Waals surface area contributed by atoms with Crippen LogP contribution in [0, 0.1) is 0 Å². The Morgan fingerprint density at radius 3 is 2.00 bits per heavy atom. The van der Waals surface area contributed by atoms with E-state index in [4.69, 9.17) is 4.74 Å². The van der Waals surface area contributed by atoms with Crippen LogP contribution in [0.15, 0.2) is 58.3 Å². The summed E-state index contributed by atoms with van der Waals surface area (Å²) < 4.78 is 59.3. The number of hydrogen-bond acceptors (Lipinski definition) is 6. The van der Waals surface area contributed by atoms with Gasteiger partial charge in [-0.2, -0.15) is 8.61 Å². The summed E-state index contributed by atoms with van der Waals surface area (Å²) in [7, 11) is -7.35. The van der Waals surface area contributed by atoms with Gasteiger partial charge < -0.3 is 10.1 Å². The third-order valence-electron chi connectivity index (χ3n) is 5.50. The summed E-state index contributed by atoms with van der Waals surface area (Å²) in [6.45, 7) is 2.16. The maximum atomic E-state index is 12.9. The number of morpholine rings is 1. The summed E-state index contributed by atoms with van der Waals surface area (Å²) in [5, 5.41) is 2.67. The molecule has 2 aromatic carbocycles. The zero-order chi connectivity index (χ0) is 22.8. The Kier molecular flexibility index (Phi) is 6.63. The van der Waals surface area contributed by atoms with Crippen LogP contribution >= 0.6 is 0 Å². The van der Waals surface area contributed by atoms with E-state index < -0.39 is 26.0 Å². The molecule has 0 spiro atoms. The number of nitrogens with zero attached hydrogens (tertiary/aromatic N) is 2. The Balaban J connectivity index is 1.53. The van der Waals surface area contributed by atoms with Gasteiger partial charge in [0.1, 0.15) is 0 Å². The van der Waals surface area contributed by atoms with Crippen molar-refractivity contribution in [2.24, 2.45) is 0 Å². The number of carbonyl (C=O) groups excluding carboxylic acids is 1. The molecule has 0 saturated carbocycles. The summed E-state index contributed by atoms with van der Waals surface area (Å²) in [6, 6.07) is 11.9. The first-order chi connectivity index (χ1) is 15.3. The molecule has 0 radical (unpaired) electrons. The molecule has 32 heavy (non-hydrogen) atoms. The quantitative estimate of drug-likeness (QED) is 0.675. The number of rotatable bonds is 6. The van der Waals surface area contributed by atoms with Crippen LogP contribution in [-0.4, -0.2) is 70.7 Å². The molecule has 1 N–H and O–H groups in total. The second-order valence-corrected chi connectivity index (χ2v) is 11.5. The van der Waals surface area contributed by atoms with Gasteiger partial charge in [0.05, 0.1) is 23.0 Å². The molecule has 0 bridgehead atoms. The van der Waals surface area contributed by atoms with Crippen LogP contribution in [0.1, 0.15) is 23.2 Å². The number of nitrogens with one attached hydrogen (secondary N) is 1. The molecule has 11 heteroatoms. The fourth-order valence-corrected chi connectivity index (χ4v) is 6.77. The lowest BCUT2D eigenvalue weighted by Gasteiger charge is -2.26. The standard InChI is InChI=1S/C21H25N3O6S2/c25-21(17-5-3-7-19(15-17)31(26,27)24-11-13-30-14-12-24)22-18-6-4-8-20(16-18)32(28,29)23-9-1-2-10-23/h3-8,15-16H,1-2,9-14H2,(H,22,25). The minimum Gasteiger partial charge on any atom is -0.379 e. The Morgan fingerprint density at radius 1 is 0.781 bits per heavy atom. The molecule has 9 nitrogen and oxygen atoms in total. The van der Waals surface area contributed by atoms with Crippen molar-refractivity contribution in [2.75, 3.05) is 44.7 Å². The Morgan fingerprint density at radius 2 is 1.34 bits per heavy atom. The molecular weight excluding hydrogens is 454 g/mol. The third kappa shape index (κ3) is 4.71. The van der Waals surface area contributed by atoms with E-state index in [1.54, 1.807) is 12.1 Å². The van der Waals surface area contributed by atoms with Gasteiger partial charge in [0.2, 0.25) is 20.0 Å². The Bertz CT molecular complexity index is 1200. The predicted octanol–water partition coefficient (Wildman–Crippen LogP) is 1.74. The van der Waals surface area contributed by atoms with Gasteiger partial charge in [0, 0.05) is 37.4 Å². The highest BCUT2D eigenvalue weighted by atomic mass is 32.2. The minimum absolute atomic E-state index is 0.0254. The maximum absolute atomic E-state index is 12.9. The largest absolute Gasteiger partial charge is 0.379 e. The van der Waals surface area contributed by atoms with Crippen LogP contribution < -0.4 is 5.32 Å². The highest BCUT2D eigenvalue weighted by Gasteiger charge is 2.28. The van der Waals surface area contributed by atoms with Gasteiger partial charge in [0.15, 0.2) is 0 Å². The molecular formula is C21H25N3O6S2. The van der Waals surface area contributed by atoms with E-state index in [0.717, 1.165) is 12.8 Å². The van der Waals surface area contributed by atoms with E-state index in [1.165, 1.54) is 45.0 Å². The number of benzene rings is 2. The van der Waals surface area contributed by atoms with Gasteiger partial charge in [-0.1, -0.05) is 12.1 Å². The van der Waals surface area contributed by atoms with Crippen molar-refractivity contribution in [2.45, 2.75) is 22.6 Å². The van der Waals surface area contributed by atoms with Crippen LogP contribution in [0.3, 0.4) is 0 Å². The first kappa shape index (κ1) is 22.9. The molecule has 0 unspecified atom stereocenters. The second kappa shape index (κ2) is 9.28. The summed E-state index contributed by atoms with van der Waals surface area (Å²) in [5.41, 5.74) is 0.476. The van der Waals surface area contributed by atoms with E-state index in [1.807, 2.05) is 0 Å². The molecule has 2 aliphatic rings. The van der Waals surface area contributed by atoms with E-state index >= 15 is 0 Å². The highest BCUT2D eigenvalue weighted by molar-refractivity contribution is 7.89. The molecule has 172 valence electrons. The minimum atomic E-state index is -3.74. The molecule has 2 fully saturated rings. The van der Waals surface area contributed by atoms with E-state index in [2.05, 4.69) is 5.32 Å². The van der Waals surface area contributed by atoms with Gasteiger partial charge in [-0.05, 0) is 49.2 Å². The van der Waals surface area contributed by atoms with Crippen molar-refractivity contribution in [1.29, 1.82) is 0 Å². The first-order valence-corrected chi connectivity index (χ1v) is 13.3. The van der Waals surface area contributed by atoms with Gasteiger partial charge in [-0.25, -0.2) is 16.8 Å². The average Bonchev–Trinajstić information content (AvgIpc) is 3.36. The predicted molar refractivity (Wildman–Crippen MR) is 118 cm³/mol. The summed E-state index contributed by atoms with van der Waals surface area (Å²) >= 11 is 0. The zero-order valence-electron chi connectivity index (χ0n) is 17.4. The van der Waals surface area contributed by atoms with Crippen LogP contribution in [0.4, 0.5) is 5.69 Å². The fraction of sp³-hybridized carbons (Fsp3) is 0.381. The van der Waals surface area contributed by atoms with Crippen molar-refractivity contribution in [3.8, 4) is 0 Å². The molecule has 0 atom stereocenters. The van der Waals surface area contributed by atoms with Crippen LogP contribution in [-0.2, 0) is 24.8 Å². The van der Waals surface area contributed by atoms with Crippen molar-refractivity contribution in [3.05, 3.63) is 54.1 Å². The van der Waals surface area contributed by atoms with Gasteiger partial charge >= 0.3 is 0 Å². The van der Waals surface area contributed by atoms with Gasteiger partial charge in [-0.3, -0.25) is 4.79 Å². The lowest BCUT2D eigenvalue weighted by atomic mass is 10.2. The zero-order valence-corrected chi connectivity index (χ0v) is 19.1. The lowest BCUT2D eigenvalue weighted by Crippen LogP contribution is -2.40. The second-order valence-electron chi connectivity index (χ2n) is 7.64. The van der Waals surface area contributed by atoms with Gasteiger partial charge in [0.25, 0.3) is 5.91 Å². The topological polar surface area (TPSA) is 113 Å². The summed E-state index contributed by atoms with van der Waals surface area (Å²) in [5.74, 6) is -0.528. The normalized spacial score (nSPS) is 18.5. The smallest absolute Gasteiger partial charge is 0.255 e. The lowest BCUT2D eigenvalue weighted by molar-refractivity contribution is 0.0730. The molecule has 2 aromatic rings. The molecule has 0 aliphatic carbocycles. The van der Waals surface area contributed by atoms with E-state index in [9.17, 15) is 21.6 Å². The number of carbonyl (C=O) groups is 1. The number of amides is 1. The Hall–Kier alpha value is -2.31. The Labute approximate surface area is 188 Å². The van der Waals surface area contributed by atoms with Crippen molar-refractivity contribution in [1.82, 2.24) is 8.61 Å². The molecule has 2 heterocycles. The monoisotopic (exact) mass is 479 g/mol. The fourth-order valence-electron chi connectivity index (χ4n) is 3.75. The molecule has 4 rings (SSSR count). The van der Waals surface area contributed by atoms with Gasteiger partial charge in [-0.15, -0.1) is 0 Å². The molecule has 2 aliphatic heterocycles. The summed E-state index contributed by atoms with van der Waals surface area (Å²) in [4.78, 5) is 12.9. The van der Waals surface area contributed by atoms with Crippen molar-refractivity contribution in [3.63, 3.8) is 0 Å². The molecule has 0 aromatic heterocycles. The number of hydrogen-bond donors (Lipinski definition) is 1. The maximum Gasteiger partial charge on any atom is 0.255 e. The number of anilines is 1.